The van der Waals surface area contributed by atoms with E-state index in [9.17, 15) is 0 Å². The van der Waals surface area contributed by atoms with Gasteiger partial charge >= 0.3 is 0 Å². The van der Waals surface area contributed by atoms with E-state index in [1.165, 1.54) is 18.4 Å². The Kier molecular flexibility index (Phi) is 5.86. The maximum absolute atomic E-state index is 5.94. The number of nitrogens with two attached hydrogens (primary N) is 1. The summed E-state index contributed by atoms with van der Waals surface area (Å²) in [7, 11) is 0. The van der Waals surface area contributed by atoms with Gasteiger partial charge in [0, 0.05) is 12.1 Å². The molecule has 3 heteroatoms. The summed E-state index contributed by atoms with van der Waals surface area (Å²) < 4.78 is 5.94. The molecular formula is C17H28N2O. The highest BCUT2D eigenvalue weighted by Gasteiger charge is 2.19. The van der Waals surface area contributed by atoms with E-state index in [0.29, 0.717) is 5.92 Å². The van der Waals surface area contributed by atoms with Crippen LogP contribution in [0, 0.1) is 11.8 Å². The normalized spacial score (nSPS) is 17.6. The predicted octanol–water partition coefficient (Wildman–Crippen LogP) is 2.89. The lowest BCUT2D eigenvalue weighted by Crippen LogP contribution is -2.35. The summed E-state index contributed by atoms with van der Waals surface area (Å²) in [6.45, 7) is 9.28. The van der Waals surface area contributed by atoms with Gasteiger partial charge in [-0.3, -0.25) is 4.90 Å². The van der Waals surface area contributed by atoms with Crippen LogP contribution >= 0.6 is 0 Å². The fourth-order valence-corrected chi connectivity index (χ4v) is 2.65. The maximum Gasteiger partial charge on any atom is 0.123 e. The highest BCUT2D eigenvalue weighted by atomic mass is 16.5. The number of piperidine rings is 1. The third kappa shape index (κ3) is 4.50. The Morgan fingerprint density at radius 2 is 1.95 bits per heavy atom. The number of hydrogen-bond acceptors (Lipinski definition) is 3. The van der Waals surface area contributed by atoms with Crippen LogP contribution in [0.25, 0.3) is 0 Å². The first-order valence-corrected chi connectivity index (χ1v) is 7.82. The molecule has 0 saturated carbocycles. The number of benzene rings is 1. The number of likely N-dealkylation sites (tertiary alicyclic amines) is 1. The van der Waals surface area contributed by atoms with Crippen LogP contribution in [0.15, 0.2) is 24.3 Å². The van der Waals surface area contributed by atoms with Crippen LogP contribution in [-0.4, -0.2) is 31.1 Å². The van der Waals surface area contributed by atoms with Crippen LogP contribution in [0.3, 0.4) is 0 Å². The van der Waals surface area contributed by atoms with Gasteiger partial charge in [-0.1, -0.05) is 32.0 Å². The fourth-order valence-electron chi connectivity index (χ4n) is 2.65. The van der Waals surface area contributed by atoms with Crippen LogP contribution in [0.4, 0.5) is 0 Å². The van der Waals surface area contributed by atoms with E-state index >= 15 is 0 Å². The average molecular weight is 276 g/mol. The quantitative estimate of drug-likeness (QED) is 0.868. The van der Waals surface area contributed by atoms with Crippen molar-refractivity contribution in [3.63, 3.8) is 0 Å². The minimum Gasteiger partial charge on any atom is -0.493 e. The molecule has 0 bridgehead atoms. The zero-order chi connectivity index (χ0) is 14.4. The molecule has 3 nitrogen and oxygen atoms in total. The van der Waals surface area contributed by atoms with E-state index in [0.717, 1.165) is 44.5 Å². The van der Waals surface area contributed by atoms with Crippen LogP contribution in [0.1, 0.15) is 32.3 Å². The summed E-state index contributed by atoms with van der Waals surface area (Å²) in [5.41, 5.74) is 7.06. The van der Waals surface area contributed by atoms with E-state index in [1.807, 2.05) is 0 Å². The van der Waals surface area contributed by atoms with E-state index in [-0.39, 0.29) is 0 Å². The van der Waals surface area contributed by atoms with Gasteiger partial charge < -0.3 is 10.5 Å². The molecular weight excluding hydrogens is 248 g/mol. The Labute approximate surface area is 123 Å². The van der Waals surface area contributed by atoms with Crippen molar-refractivity contribution in [2.24, 2.45) is 17.6 Å². The van der Waals surface area contributed by atoms with Gasteiger partial charge in [-0.2, -0.15) is 0 Å². The molecule has 1 fully saturated rings. The second-order valence-electron chi connectivity index (χ2n) is 6.27. The highest BCUT2D eigenvalue weighted by molar-refractivity contribution is 5.33. The SMILES string of the molecule is CC(C)COc1ccccc1CN1CCC(CN)CC1. The smallest absolute Gasteiger partial charge is 0.123 e. The van der Waals surface area contributed by atoms with Crippen LogP contribution < -0.4 is 10.5 Å². The Balaban J connectivity index is 1.92. The molecule has 2 rings (SSSR count). The minimum atomic E-state index is 0.559. The first kappa shape index (κ1) is 15.3. The lowest BCUT2D eigenvalue weighted by molar-refractivity contribution is 0.177. The molecule has 112 valence electrons. The third-order valence-corrected chi connectivity index (χ3v) is 3.98. The number of rotatable bonds is 6. The molecule has 0 atom stereocenters. The Morgan fingerprint density at radius 3 is 2.60 bits per heavy atom. The van der Waals surface area contributed by atoms with Gasteiger partial charge in [0.05, 0.1) is 6.61 Å². The summed E-state index contributed by atoms with van der Waals surface area (Å²) in [5.74, 6) is 2.32. The maximum atomic E-state index is 5.94. The Morgan fingerprint density at radius 1 is 1.25 bits per heavy atom. The fraction of sp³-hybridized carbons (Fsp3) is 0.647. The van der Waals surface area contributed by atoms with Gasteiger partial charge in [0.1, 0.15) is 5.75 Å². The van der Waals surface area contributed by atoms with Gasteiger partial charge in [0.15, 0.2) is 0 Å². The van der Waals surface area contributed by atoms with E-state index in [2.05, 4.69) is 43.0 Å². The van der Waals surface area contributed by atoms with Crippen molar-refractivity contribution >= 4 is 0 Å². The zero-order valence-electron chi connectivity index (χ0n) is 12.8. The molecule has 0 aromatic heterocycles. The molecule has 0 unspecified atom stereocenters. The van der Waals surface area contributed by atoms with Crippen molar-refractivity contribution in [2.45, 2.75) is 33.2 Å². The van der Waals surface area contributed by atoms with Crippen molar-refractivity contribution in [2.75, 3.05) is 26.2 Å². The lowest BCUT2D eigenvalue weighted by atomic mass is 9.97. The van der Waals surface area contributed by atoms with Gasteiger partial charge in [-0.25, -0.2) is 0 Å². The molecule has 0 spiro atoms. The second kappa shape index (κ2) is 7.65. The van der Waals surface area contributed by atoms with E-state index in [1.54, 1.807) is 0 Å². The van der Waals surface area contributed by atoms with E-state index < -0.39 is 0 Å². The molecule has 1 aliphatic rings. The standard InChI is InChI=1S/C17H28N2O/c1-14(2)13-20-17-6-4-3-5-16(17)12-19-9-7-15(11-18)8-10-19/h3-6,14-15H,7-13,18H2,1-2H3. The average Bonchev–Trinajstić information content (AvgIpc) is 2.47. The van der Waals surface area contributed by atoms with Crippen molar-refractivity contribution in [1.82, 2.24) is 4.90 Å². The lowest BCUT2D eigenvalue weighted by Gasteiger charge is -2.31. The largest absolute Gasteiger partial charge is 0.493 e. The first-order chi connectivity index (χ1) is 9.69. The highest BCUT2D eigenvalue weighted by Crippen LogP contribution is 2.23. The van der Waals surface area contributed by atoms with Crippen LogP contribution in [-0.2, 0) is 6.54 Å². The third-order valence-electron chi connectivity index (χ3n) is 3.98. The Hall–Kier alpha value is -1.06. The monoisotopic (exact) mass is 276 g/mol. The molecule has 1 aromatic carbocycles. The summed E-state index contributed by atoms with van der Waals surface area (Å²) in [6.07, 6.45) is 2.46. The van der Waals surface area contributed by atoms with Crippen molar-refractivity contribution in [3.05, 3.63) is 29.8 Å². The van der Waals surface area contributed by atoms with Gasteiger partial charge in [0.2, 0.25) is 0 Å². The predicted molar refractivity (Wildman–Crippen MR) is 83.8 cm³/mol. The number of hydrogen-bond donors (Lipinski definition) is 1. The van der Waals surface area contributed by atoms with Crippen LogP contribution in [0.5, 0.6) is 5.75 Å². The summed E-state index contributed by atoms with van der Waals surface area (Å²) in [4.78, 5) is 2.52. The number of para-hydroxylation sites is 1. The molecule has 1 heterocycles. The van der Waals surface area contributed by atoms with Crippen LogP contribution in [0.2, 0.25) is 0 Å². The molecule has 1 aromatic rings. The summed E-state index contributed by atoms with van der Waals surface area (Å²) in [5, 5.41) is 0. The van der Waals surface area contributed by atoms with Crippen molar-refractivity contribution < 1.29 is 4.74 Å². The first-order valence-electron chi connectivity index (χ1n) is 7.82. The zero-order valence-corrected chi connectivity index (χ0v) is 12.8. The molecule has 1 saturated heterocycles. The molecule has 1 aliphatic heterocycles. The Bertz CT molecular complexity index is 398. The van der Waals surface area contributed by atoms with Crippen molar-refractivity contribution in [1.29, 1.82) is 0 Å². The second-order valence-corrected chi connectivity index (χ2v) is 6.27. The van der Waals surface area contributed by atoms with E-state index in [4.69, 9.17) is 10.5 Å². The molecule has 20 heavy (non-hydrogen) atoms. The van der Waals surface area contributed by atoms with Gasteiger partial charge in [-0.15, -0.1) is 0 Å². The molecule has 0 radical (unpaired) electrons. The topological polar surface area (TPSA) is 38.5 Å². The molecule has 0 aliphatic carbocycles. The number of ether oxygens (including phenoxy) is 1. The summed E-state index contributed by atoms with van der Waals surface area (Å²) in [6, 6.07) is 8.43. The molecule has 2 N–H and O–H groups in total. The number of nitrogens with zero attached hydrogens (tertiary/aromatic N) is 1. The van der Waals surface area contributed by atoms with Gasteiger partial charge in [-0.05, 0) is 50.4 Å². The van der Waals surface area contributed by atoms with Crippen molar-refractivity contribution in [3.8, 4) is 5.75 Å². The van der Waals surface area contributed by atoms with Gasteiger partial charge in [0.25, 0.3) is 0 Å². The minimum absolute atomic E-state index is 0.559. The summed E-state index contributed by atoms with van der Waals surface area (Å²) >= 11 is 0. The molecule has 0 amide bonds.